The molecule has 3 nitrogen and oxygen atoms in total. The molecule has 86 valence electrons. The number of carbonyl (C=O) groups is 1. The first-order chi connectivity index (χ1) is 7.79. The zero-order chi connectivity index (χ0) is 11.4. The lowest BCUT2D eigenvalue weighted by atomic mass is 10.2. The summed E-state index contributed by atoms with van der Waals surface area (Å²) in [6.07, 6.45) is 0.930. The smallest absolute Gasteiger partial charge is 0.234 e. The van der Waals surface area contributed by atoms with Crippen LogP contribution >= 0.6 is 23.4 Å². The standard InChI is InChI=1S/C11H13ClN2OS/c12-4-1-5-13-8-2-3-10-9(6-8)14-11(15)7-16-10/h2-3,6,13H,1,4-5,7H2,(H,14,15). The third-order valence-electron chi connectivity index (χ3n) is 2.25. The Bertz CT molecular complexity index is 398. The molecule has 1 amide bonds. The van der Waals surface area contributed by atoms with Gasteiger partial charge < -0.3 is 10.6 Å². The van der Waals surface area contributed by atoms with Gasteiger partial charge in [-0.3, -0.25) is 4.79 Å². The van der Waals surface area contributed by atoms with Crippen LogP contribution in [0.1, 0.15) is 6.42 Å². The number of hydrogen-bond acceptors (Lipinski definition) is 3. The molecule has 0 fully saturated rings. The third kappa shape index (κ3) is 2.83. The summed E-state index contributed by atoms with van der Waals surface area (Å²) in [4.78, 5) is 12.4. The van der Waals surface area contributed by atoms with E-state index in [0.717, 1.165) is 29.2 Å². The van der Waals surface area contributed by atoms with Crippen LogP contribution in [-0.4, -0.2) is 24.1 Å². The van der Waals surface area contributed by atoms with Crippen LogP contribution in [0.5, 0.6) is 0 Å². The summed E-state index contributed by atoms with van der Waals surface area (Å²) in [5.41, 5.74) is 1.92. The van der Waals surface area contributed by atoms with Crippen LogP contribution in [0, 0.1) is 0 Å². The van der Waals surface area contributed by atoms with Crippen molar-refractivity contribution in [3.05, 3.63) is 18.2 Å². The number of carbonyl (C=O) groups excluding carboxylic acids is 1. The van der Waals surface area contributed by atoms with Gasteiger partial charge in [-0.15, -0.1) is 23.4 Å². The first kappa shape index (κ1) is 11.6. The number of benzene rings is 1. The van der Waals surface area contributed by atoms with E-state index in [1.165, 1.54) is 0 Å². The molecule has 1 aromatic carbocycles. The van der Waals surface area contributed by atoms with E-state index in [9.17, 15) is 4.79 Å². The molecule has 0 spiro atoms. The van der Waals surface area contributed by atoms with Crippen LogP contribution in [0.2, 0.25) is 0 Å². The van der Waals surface area contributed by atoms with Gasteiger partial charge >= 0.3 is 0 Å². The van der Waals surface area contributed by atoms with Crippen LogP contribution in [0.4, 0.5) is 11.4 Å². The number of anilines is 2. The molecular weight excluding hydrogens is 244 g/mol. The molecule has 0 bridgehead atoms. The van der Waals surface area contributed by atoms with Gasteiger partial charge in [-0.25, -0.2) is 0 Å². The average Bonchev–Trinajstić information content (AvgIpc) is 2.29. The van der Waals surface area contributed by atoms with Gasteiger partial charge in [-0.1, -0.05) is 0 Å². The molecule has 1 aliphatic heterocycles. The van der Waals surface area contributed by atoms with E-state index >= 15 is 0 Å². The molecule has 0 atom stereocenters. The van der Waals surface area contributed by atoms with Crippen molar-refractivity contribution in [2.24, 2.45) is 0 Å². The van der Waals surface area contributed by atoms with Crippen LogP contribution < -0.4 is 10.6 Å². The maximum Gasteiger partial charge on any atom is 0.234 e. The summed E-state index contributed by atoms with van der Waals surface area (Å²) in [6, 6.07) is 6.02. The quantitative estimate of drug-likeness (QED) is 0.643. The second kappa shape index (κ2) is 5.46. The van der Waals surface area contributed by atoms with E-state index in [1.807, 2.05) is 18.2 Å². The minimum Gasteiger partial charge on any atom is -0.385 e. The zero-order valence-electron chi connectivity index (χ0n) is 8.75. The molecule has 0 aliphatic carbocycles. The minimum absolute atomic E-state index is 0.0652. The van der Waals surface area contributed by atoms with Gasteiger partial charge in [-0.05, 0) is 24.6 Å². The Morgan fingerprint density at radius 2 is 2.38 bits per heavy atom. The second-order valence-electron chi connectivity index (χ2n) is 3.52. The molecule has 0 saturated carbocycles. The number of thioether (sulfide) groups is 1. The zero-order valence-corrected chi connectivity index (χ0v) is 10.3. The highest BCUT2D eigenvalue weighted by Gasteiger charge is 2.14. The Morgan fingerprint density at radius 1 is 1.50 bits per heavy atom. The molecular formula is C11H13ClN2OS. The summed E-state index contributed by atoms with van der Waals surface area (Å²) in [7, 11) is 0. The van der Waals surface area contributed by atoms with Crippen molar-refractivity contribution in [1.82, 2.24) is 0 Å². The van der Waals surface area contributed by atoms with Gasteiger partial charge in [0.25, 0.3) is 0 Å². The number of fused-ring (bicyclic) bond motifs is 1. The average molecular weight is 257 g/mol. The predicted octanol–water partition coefficient (Wildman–Crippen LogP) is 2.77. The lowest BCUT2D eigenvalue weighted by Gasteiger charge is -2.17. The lowest BCUT2D eigenvalue weighted by Crippen LogP contribution is -2.18. The second-order valence-corrected chi connectivity index (χ2v) is 4.91. The topological polar surface area (TPSA) is 41.1 Å². The van der Waals surface area contributed by atoms with E-state index in [0.29, 0.717) is 11.6 Å². The SMILES string of the molecule is O=C1CSc2ccc(NCCCCl)cc2N1. The molecule has 2 N–H and O–H groups in total. The minimum atomic E-state index is 0.0652. The van der Waals surface area contributed by atoms with Gasteiger partial charge in [0, 0.05) is 23.0 Å². The monoisotopic (exact) mass is 256 g/mol. The van der Waals surface area contributed by atoms with Gasteiger partial charge in [-0.2, -0.15) is 0 Å². The number of amides is 1. The highest BCUT2D eigenvalue weighted by atomic mass is 35.5. The first-order valence-electron chi connectivity index (χ1n) is 5.16. The van der Waals surface area contributed by atoms with Crippen molar-refractivity contribution < 1.29 is 4.79 Å². The highest BCUT2D eigenvalue weighted by molar-refractivity contribution is 8.00. The van der Waals surface area contributed by atoms with E-state index in [1.54, 1.807) is 11.8 Å². The fourth-order valence-corrected chi connectivity index (χ4v) is 2.41. The predicted molar refractivity (Wildman–Crippen MR) is 69.6 cm³/mol. The van der Waals surface area contributed by atoms with Gasteiger partial charge in [0.2, 0.25) is 5.91 Å². The summed E-state index contributed by atoms with van der Waals surface area (Å²) in [5, 5.41) is 6.13. The third-order valence-corrected chi connectivity index (χ3v) is 3.59. The van der Waals surface area contributed by atoms with Crippen LogP contribution in [-0.2, 0) is 4.79 Å². The van der Waals surface area contributed by atoms with E-state index in [-0.39, 0.29) is 5.91 Å². The van der Waals surface area contributed by atoms with Crippen molar-refractivity contribution in [3.8, 4) is 0 Å². The molecule has 0 saturated heterocycles. The van der Waals surface area contributed by atoms with Gasteiger partial charge in [0.05, 0.1) is 11.4 Å². The molecule has 2 rings (SSSR count). The largest absolute Gasteiger partial charge is 0.385 e. The lowest BCUT2D eigenvalue weighted by molar-refractivity contribution is -0.113. The summed E-state index contributed by atoms with van der Waals surface area (Å²) in [6.45, 7) is 0.851. The van der Waals surface area contributed by atoms with Gasteiger partial charge in [0.15, 0.2) is 0 Å². The van der Waals surface area contributed by atoms with Gasteiger partial charge in [0.1, 0.15) is 0 Å². The molecule has 1 aliphatic rings. The van der Waals surface area contributed by atoms with E-state index in [4.69, 9.17) is 11.6 Å². The van der Waals surface area contributed by atoms with Crippen molar-refractivity contribution in [2.45, 2.75) is 11.3 Å². The maximum absolute atomic E-state index is 11.2. The normalized spacial score (nSPS) is 14.2. The van der Waals surface area contributed by atoms with Crippen molar-refractivity contribution in [2.75, 3.05) is 28.8 Å². The molecule has 0 aromatic heterocycles. The maximum atomic E-state index is 11.2. The first-order valence-corrected chi connectivity index (χ1v) is 6.68. The summed E-state index contributed by atoms with van der Waals surface area (Å²) < 4.78 is 0. The summed E-state index contributed by atoms with van der Waals surface area (Å²) in [5.74, 6) is 1.23. The molecule has 16 heavy (non-hydrogen) atoms. The van der Waals surface area contributed by atoms with E-state index < -0.39 is 0 Å². The number of nitrogens with one attached hydrogen (secondary N) is 2. The Hall–Kier alpha value is -0.870. The molecule has 0 unspecified atom stereocenters. The van der Waals surface area contributed by atoms with Crippen molar-refractivity contribution >= 4 is 40.6 Å². The number of alkyl halides is 1. The van der Waals surface area contributed by atoms with E-state index in [2.05, 4.69) is 10.6 Å². The Kier molecular flexibility index (Phi) is 3.96. The molecule has 1 aromatic rings. The van der Waals surface area contributed by atoms with Crippen molar-refractivity contribution in [3.63, 3.8) is 0 Å². The number of halogens is 1. The molecule has 1 heterocycles. The summed E-state index contributed by atoms with van der Waals surface area (Å²) >= 11 is 7.17. The van der Waals surface area contributed by atoms with Crippen molar-refractivity contribution in [1.29, 1.82) is 0 Å². The fourth-order valence-electron chi connectivity index (χ4n) is 1.49. The number of rotatable bonds is 4. The Morgan fingerprint density at radius 3 is 3.19 bits per heavy atom. The van der Waals surface area contributed by atoms with Crippen LogP contribution in [0.25, 0.3) is 0 Å². The molecule has 5 heteroatoms. The fraction of sp³-hybridized carbons (Fsp3) is 0.364. The van der Waals surface area contributed by atoms with Crippen LogP contribution in [0.15, 0.2) is 23.1 Å². The number of hydrogen-bond donors (Lipinski definition) is 2. The highest BCUT2D eigenvalue weighted by Crippen LogP contribution is 2.33. The van der Waals surface area contributed by atoms with Crippen LogP contribution in [0.3, 0.4) is 0 Å². The Balaban J connectivity index is 2.06. The Labute approximate surface area is 104 Å². The molecule has 0 radical (unpaired) electrons.